The third-order valence-corrected chi connectivity index (χ3v) is 2.22. The summed E-state index contributed by atoms with van der Waals surface area (Å²) in [4.78, 5) is -0.123. The molecule has 0 spiro atoms. The van der Waals surface area contributed by atoms with Crippen molar-refractivity contribution in [3.8, 4) is 0 Å². The van der Waals surface area contributed by atoms with Crippen molar-refractivity contribution in [3.05, 3.63) is 35.8 Å². The van der Waals surface area contributed by atoms with Crippen LogP contribution in [0.3, 0.4) is 0 Å². The largest absolute Gasteiger partial charge is 0.260 e. The maximum absolute atomic E-state index is 10.5. The summed E-state index contributed by atoms with van der Waals surface area (Å²) < 4.78 is 21.1. The second-order valence-corrected chi connectivity index (χ2v) is 4.70. The van der Waals surface area contributed by atoms with Gasteiger partial charge in [0.2, 0.25) is 0 Å². The van der Waals surface area contributed by atoms with E-state index in [0.29, 0.717) is 0 Å². The lowest BCUT2D eigenvalue weighted by Crippen LogP contribution is -1.88. The lowest BCUT2D eigenvalue weighted by atomic mass is 10.3. The number of halogens is 1. The van der Waals surface area contributed by atoms with Crippen LogP contribution >= 0.6 is 10.7 Å². The first kappa shape index (κ1) is 10.5. The number of hydrogen-bond donors (Lipinski definition) is 0. The van der Waals surface area contributed by atoms with Crippen LogP contribution in [0.15, 0.2) is 35.8 Å². The molecule has 0 atom stereocenters. The van der Waals surface area contributed by atoms with Crippen LogP contribution in [-0.4, -0.2) is 8.42 Å². The van der Waals surface area contributed by atoms with Gasteiger partial charge < -0.3 is 0 Å². The Bertz CT molecular complexity index is 298. The molecule has 0 aromatic heterocycles. The van der Waals surface area contributed by atoms with Crippen molar-refractivity contribution in [1.82, 2.24) is 0 Å². The first-order valence-corrected chi connectivity index (χ1v) is 5.12. The molecule has 0 aromatic rings. The van der Waals surface area contributed by atoms with Crippen molar-refractivity contribution in [2.45, 2.75) is 6.92 Å². The SMILES string of the molecule is C=C(C)/C=C\C(=C)S(=O)(=O)Cl. The molecular weight excluding hydrogens is 184 g/mol. The van der Waals surface area contributed by atoms with E-state index >= 15 is 0 Å². The van der Waals surface area contributed by atoms with Gasteiger partial charge in [0.25, 0.3) is 9.05 Å². The minimum absolute atomic E-state index is 0.123. The quantitative estimate of drug-likeness (QED) is 0.508. The molecule has 0 N–H and O–H groups in total. The zero-order valence-electron chi connectivity index (χ0n) is 6.17. The van der Waals surface area contributed by atoms with Gasteiger partial charge >= 0.3 is 0 Å². The lowest BCUT2D eigenvalue weighted by Gasteiger charge is -1.91. The molecule has 62 valence electrons. The molecule has 2 nitrogen and oxygen atoms in total. The first-order valence-electron chi connectivity index (χ1n) is 2.81. The molecule has 0 aliphatic heterocycles. The van der Waals surface area contributed by atoms with Crippen LogP contribution in [-0.2, 0) is 9.05 Å². The molecule has 0 rings (SSSR count). The van der Waals surface area contributed by atoms with Crippen LogP contribution < -0.4 is 0 Å². The van der Waals surface area contributed by atoms with Crippen molar-refractivity contribution >= 4 is 19.7 Å². The average Bonchev–Trinajstić information content (AvgIpc) is 1.80. The Balaban J connectivity index is 4.46. The van der Waals surface area contributed by atoms with Gasteiger partial charge in [0.15, 0.2) is 0 Å². The molecule has 0 aliphatic carbocycles. The standard InChI is InChI=1S/C7H9ClO2S/c1-6(2)4-5-7(3)11(8,9)10/h4-5H,1,3H2,2H3/b5-4-. The van der Waals surface area contributed by atoms with E-state index in [2.05, 4.69) is 13.2 Å². The van der Waals surface area contributed by atoms with E-state index in [4.69, 9.17) is 10.7 Å². The summed E-state index contributed by atoms with van der Waals surface area (Å²) in [5.74, 6) is 0. The van der Waals surface area contributed by atoms with E-state index in [9.17, 15) is 8.42 Å². The summed E-state index contributed by atoms with van der Waals surface area (Å²) in [5, 5.41) is 0. The third kappa shape index (κ3) is 4.81. The van der Waals surface area contributed by atoms with E-state index in [1.165, 1.54) is 12.2 Å². The van der Waals surface area contributed by atoms with E-state index < -0.39 is 9.05 Å². The van der Waals surface area contributed by atoms with Gasteiger partial charge in [-0.15, -0.1) is 0 Å². The normalized spacial score (nSPS) is 11.8. The fourth-order valence-corrected chi connectivity index (χ4v) is 0.701. The number of hydrogen-bond acceptors (Lipinski definition) is 2. The van der Waals surface area contributed by atoms with E-state index in [-0.39, 0.29) is 4.91 Å². The highest BCUT2D eigenvalue weighted by Gasteiger charge is 2.06. The molecule has 0 fully saturated rings. The predicted octanol–water partition coefficient (Wildman–Crippen LogP) is 2.20. The van der Waals surface area contributed by atoms with Gasteiger partial charge in [0, 0.05) is 10.7 Å². The minimum Gasteiger partial charge on any atom is -0.207 e. The maximum Gasteiger partial charge on any atom is 0.260 e. The Kier molecular flexibility index (Phi) is 3.55. The third-order valence-electron chi connectivity index (χ3n) is 0.867. The highest BCUT2D eigenvalue weighted by atomic mass is 35.7. The van der Waals surface area contributed by atoms with E-state index in [0.717, 1.165) is 5.57 Å². The zero-order chi connectivity index (χ0) is 9.07. The smallest absolute Gasteiger partial charge is 0.207 e. The van der Waals surface area contributed by atoms with Gasteiger partial charge in [0.1, 0.15) is 0 Å². The summed E-state index contributed by atoms with van der Waals surface area (Å²) in [7, 11) is 1.31. The van der Waals surface area contributed by atoms with E-state index in [1.54, 1.807) is 6.92 Å². The van der Waals surface area contributed by atoms with Gasteiger partial charge in [-0.1, -0.05) is 24.8 Å². The number of rotatable bonds is 3. The molecule has 0 aromatic carbocycles. The van der Waals surface area contributed by atoms with Gasteiger partial charge in [-0.2, -0.15) is 0 Å². The average molecular weight is 193 g/mol. The molecule has 0 saturated heterocycles. The summed E-state index contributed by atoms with van der Waals surface area (Å²) in [6.07, 6.45) is 2.84. The van der Waals surface area contributed by atoms with Crippen LogP contribution in [0.1, 0.15) is 6.92 Å². The van der Waals surface area contributed by atoms with Crippen LogP contribution in [0, 0.1) is 0 Å². The topological polar surface area (TPSA) is 34.1 Å². The van der Waals surface area contributed by atoms with Crippen LogP contribution in [0.25, 0.3) is 0 Å². The lowest BCUT2D eigenvalue weighted by molar-refractivity contribution is 0.616. The van der Waals surface area contributed by atoms with Gasteiger partial charge in [-0.05, 0) is 13.0 Å². The molecule has 0 bridgehead atoms. The molecule has 0 unspecified atom stereocenters. The molecule has 11 heavy (non-hydrogen) atoms. The number of allylic oxidation sites excluding steroid dienone is 3. The summed E-state index contributed by atoms with van der Waals surface area (Å²) in [6, 6.07) is 0. The van der Waals surface area contributed by atoms with Crippen LogP contribution in [0.4, 0.5) is 0 Å². The summed E-state index contributed by atoms with van der Waals surface area (Å²) >= 11 is 0. The minimum atomic E-state index is -3.65. The Morgan fingerprint density at radius 1 is 1.36 bits per heavy atom. The monoisotopic (exact) mass is 192 g/mol. The molecule has 0 heterocycles. The van der Waals surface area contributed by atoms with E-state index in [1.807, 2.05) is 0 Å². The zero-order valence-corrected chi connectivity index (χ0v) is 7.74. The Labute approximate surface area is 71.3 Å². The van der Waals surface area contributed by atoms with Crippen molar-refractivity contribution in [2.24, 2.45) is 0 Å². The highest BCUT2D eigenvalue weighted by molar-refractivity contribution is 8.16. The summed E-state index contributed by atoms with van der Waals surface area (Å²) in [6.45, 7) is 8.53. The highest BCUT2D eigenvalue weighted by Crippen LogP contribution is 2.11. The first-order chi connectivity index (χ1) is 4.84. The molecule has 0 amide bonds. The van der Waals surface area contributed by atoms with Gasteiger partial charge in [-0.3, -0.25) is 0 Å². The van der Waals surface area contributed by atoms with Crippen molar-refractivity contribution in [1.29, 1.82) is 0 Å². The molecule has 0 radical (unpaired) electrons. The maximum atomic E-state index is 10.5. The van der Waals surface area contributed by atoms with Crippen molar-refractivity contribution < 1.29 is 8.42 Å². The van der Waals surface area contributed by atoms with Crippen LogP contribution in [0.2, 0.25) is 0 Å². The Morgan fingerprint density at radius 3 is 2.09 bits per heavy atom. The van der Waals surface area contributed by atoms with Crippen molar-refractivity contribution in [3.63, 3.8) is 0 Å². The van der Waals surface area contributed by atoms with Gasteiger partial charge in [-0.25, -0.2) is 8.42 Å². The molecular formula is C7H9ClO2S. The van der Waals surface area contributed by atoms with Crippen LogP contribution in [0.5, 0.6) is 0 Å². The predicted molar refractivity (Wildman–Crippen MR) is 47.9 cm³/mol. The van der Waals surface area contributed by atoms with Gasteiger partial charge in [0.05, 0.1) is 4.91 Å². The Morgan fingerprint density at radius 2 is 1.82 bits per heavy atom. The second kappa shape index (κ2) is 3.74. The second-order valence-electron chi connectivity index (χ2n) is 2.08. The van der Waals surface area contributed by atoms with Crippen molar-refractivity contribution in [2.75, 3.05) is 0 Å². The molecule has 0 saturated carbocycles. The summed E-state index contributed by atoms with van der Waals surface area (Å²) in [5.41, 5.74) is 0.742. The Hall–Kier alpha value is -0.540. The molecule has 0 aliphatic rings. The molecule has 4 heteroatoms. The fourth-order valence-electron chi connectivity index (χ4n) is 0.316. The fraction of sp³-hybridized carbons (Fsp3) is 0.143.